The number of carbonyl (C=O) groups is 4. The molecule has 4 aromatic rings. The van der Waals surface area contributed by atoms with Gasteiger partial charge in [0, 0.05) is 36.8 Å². The molecule has 2 aromatic heterocycles. The topological polar surface area (TPSA) is 176 Å². The molecule has 1 atom stereocenters. The molecule has 3 heterocycles. The van der Waals surface area contributed by atoms with Crippen LogP contribution in [0, 0.1) is 0 Å². The first-order valence-corrected chi connectivity index (χ1v) is 15.4. The third-order valence-corrected chi connectivity index (χ3v) is 8.53. The van der Waals surface area contributed by atoms with Crippen LogP contribution in [-0.2, 0) is 27.6 Å². The summed E-state index contributed by atoms with van der Waals surface area (Å²) in [5.41, 5.74) is 2.13. The van der Waals surface area contributed by atoms with Crippen LogP contribution < -0.4 is 10.6 Å². The van der Waals surface area contributed by atoms with Gasteiger partial charge in [0.2, 0.25) is 14.9 Å². The van der Waals surface area contributed by atoms with E-state index in [1.54, 1.807) is 35.4 Å². The second-order valence-corrected chi connectivity index (χ2v) is 12.5. The second kappa shape index (κ2) is 11.7. The van der Waals surface area contributed by atoms with Crippen molar-refractivity contribution in [2.24, 2.45) is 0 Å². The van der Waals surface area contributed by atoms with Gasteiger partial charge in [-0.05, 0) is 53.9 Å². The van der Waals surface area contributed by atoms with E-state index in [1.807, 2.05) is 0 Å². The number of amides is 3. The van der Waals surface area contributed by atoms with E-state index in [0.29, 0.717) is 35.2 Å². The number of halogens is 2. The molecule has 1 aliphatic heterocycles. The number of rotatable bonds is 8. The fraction of sp³-hybridized carbons (Fsp3) is 0.214. The Balaban J connectivity index is 1.28. The summed E-state index contributed by atoms with van der Waals surface area (Å²) in [4.78, 5) is 52.2. The van der Waals surface area contributed by atoms with Crippen molar-refractivity contribution < 1.29 is 41.5 Å². The number of nitrogens with one attached hydrogen (secondary N) is 2. The minimum absolute atomic E-state index is 0.0289. The lowest BCUT2D eigenvalue weighted by Gasteiger charge is -2.30. The summed E-state index contributed by atoms with van der Waals surface area (Å²) in [7, 11) is -3.69. The van der Waals surface area contributed by atoms with Gasteiger partial charge in [-0.3, -0.25) is 14.4 Å². The summed E-state index contributed by atoms with van der Waals surface area (Å²) < 4.78 is 33.5. The summed E-state index contributed by atoms with van der Waals surface area (Å²) in [5.74, 6) is -3.81. The van der Waals surface area contributed by atoms with Gasteiger partial charge in [-0.2, -0.15) is 0 Å². The Labute approximate surface area is 254 Å². The van der Waals surface area contributed by atoms with Gasteiger partial charge in [0.15, 0.2) is 5.76 Å². The highest BCUT2D eigenvalue weighted by Gasteiger charge is 2.30. The molecule has 0 aliphatic carbocycles. The van der Waals surface area contributed by atoms with Crippen LogP contribution in [0.1, 0.15) is 42.4 Å². The molecule has 5 rings (SSSR count). The van der Waals surface area contributed by atoms with Crippen molar-refractivity contribution in [2.45, 2.75) is 24.1 Å². The summed E-state index contributed by atoms with van der Waals surface area (Å²) in [6, 6.07) is 9.12. The molecule has 1 aliphatic rings. The lowest BCUT2D eigenvalue weighted by Crippen LogP contribution is -2.48. The second-order valence-electron chi connectivity index (χ2n) is 9.80. The van der Waals surface area contributed by atoms with Crippen LogP contribution in [0.5, 0.6) is 0 Å². The largest absolute Gasteiger partial charge is 0.480 e. The number of carboxylic acid groups (broad SMARTS) is 1. The molecule has 0 fully saturated rings. The fourth-order valence-corrected chi connectivity index (χ4v) is 5.98. The van der Waals surface area contributed by atoms with Crippen molar-refractivity contribution in [1.82, 2.24) is 15.5 Å². The zero-order valence-corrected chi connectivity index (χ0v) is 24.7. The van der Waals surface area contributed by atoms with E-state index in [1.165, 1.54) is 6.07 Å². The Kier molecular flexibility index (Phi) is 8.23. The number of nitrogens with zero attached hydrogens (tertiary/aromatic N) is 1. The Morgan fingerprint density at radius 2 is 1.84 bits per heavy atom. The van der Waals surface area contributed by atoms with E-state index in [-0.39, 0.29) is 33.8 Å². The van der Waals surface area contributed by atoms with Gasteiger partial charge < -0.3 is 29.5 Å². The smallest absolute Gasteiger partial charge is 0.328 e. The first kappa shape index (κ1) is 30.1. The van der Waals surface area contributed by atoms with Crippen molar-refractivity contribution in [3.05, 3.63) is 86.8 Å². The number of fused-ring (bicyclic) bond motifs is 2. The Hall–Kier alpha value is -4.33. The number of hydrogen-bond acceptors (Lipinski definition) is 8. The van der Waals surface area contributed by atoms with Crippen LogP contribution in [0.15, 0.2) is 62.7 Å². The summed E-state index contributed by atoms with van der Waals surface area (Å²) >= 11 is 13.0. The van der Waals surface area contributed by atoms with Crippen LogP contribution in [-0.4, -0.2) is 67.5 Å². The first-order valence-electron chi connectivity index (χ1n) is 12.7. The molecule has 15 heteroatoms. The van der Waals surface area contributed by atoms with E-state index in [0.717, 1.165) is 23.8 Å². The van der Waals surface area contributed by atoms with Gasteiger partial charge in [-0.1, -0.05) is 29.3 Å². The molecule has 0 spiro atoms. The number of carbonyl (C=O) groups excluding carboxylic acids is 3. The minimum Gasteiger partial charge on any atom is -0.480 e. The zero-order chi connectivity index (χ0) is 31.1. The van der Waals surface area contributed by atoms with Gasteiger partial charge in [0.05, 0.1) is 21.9 Å². The third-order valence-electron chi connectivity index (χ3n) is 6.86. The van der Waals surface area contributed by atoms with E-state index < -0.39 is 45.3 Å². The maximum Gasteiger partial charge on any atom is 0.328 e. The third kappa shape index (κ3) is 6.24. The zero-order valence-electron chi connectivity index (χ0n) is 22.3. The van der Waals surface area contributed by atoms with Gasteiger partial charge in [0.25, 0.3) is 17.7 Å². The average Bonchev–Trinajstić information content (AvgIpc) is 3.64. The van der Waals surface area contributed by atoms with Crippen molar-refractivity contribution >= 4 is 67.7 Å². The number of aliphatic carboxylic acids is 1. The molecular formula is C28H23Cl2N3O9S. The molecule has 3 N–H and O–H groups in total. The average molecular weight is 648 g/mol. The number of benzene rings is 2. The summed E-state index contributed by atoms with van der Waals surface area (Å²) in [6.07, 6.45) is 2.76. The molecule has 0 saturated carbocycles. The monoisotopic (exact) mass is 647 g/mol. The number of furan rings is 2. The number of carboxylic acids is 1. The van der Waals surface area contributed by atoms with Crippen molar-refractivity contribution in [3.63, 3.8) is 0 Å². The fourth-order valence-electron chi connectivity index (χ4n) is 4.66. The van der Waals surface area contributed by atoms with E-state index in [2.05, 4.69) is 10.6 Å². The molecule has 0 saturated heterocycles. The predicted molar refractivity (Wildman–Crippen MR) is 154 cm³/mol. The SMILES string of the molecule is CS(=O)(=O)c1ccc(C(=O)NCC(NC(=O)c2c(Cl)cc3c(c2Cl)CCN(C(=O)c2ccc4ccoc4c2)C3)C(=O)O)o1. The van der Waals surface area contributed by atoms with Crippen LogP contribution in [0.25, 0.3) is 11.0 Å². The Morgan fingerprint density at radius 3 is 2.53 bits per heavy atom. The van der Waals surface area contributed by atoms with E-state index in [9.17, 15) is 32.7 Å². The maximum absolute atomic E-state index is 13.2. The van der Waals surface area contributed by atoms with Crippen LogP contribution >= 0.6 is 23.2 Å². The molecule has 224 valence electrons. The van der Waals surface area contributed by atoms with Crippen molar-refractivity contribution in [3.8, 4) is 0 Å². The van der Waals surface area contributed by atoms with Crippen LogP contribution in [0.2, 0.25) is 10.0 Å². The molecular weight excluding hydrogens is 625 g/mol. The highest BCUT2D eigenvalue weighted by Crippen LogP contribution is 2.35. The molecule has 43 heavy (non-hydrogen) atoms. The minimum atomic E-state index is -3.69. The van der Waals surface area contributed by atoms with E-state index in [4.69, 9.17) is 32.0 Å². The maximum atomic E-state index is 13.2. The highest BCUT2D eigenvalue weighted by atomic mass is 35.5. The van der Waals surface area contributed by atoms with Crippen molar-refractivity contribution in [2.75, 3.05) is 19.3 Å². The molecule has 0 radical (unpaired) electrons. The van der Waals surface area contributed by atoms with Gasteiger partial charge in [-0.15, -0.1) is 0 Å². The standard InChI is InChI=1S/C28H23Cl2N3O9S/c1-43(39,40)22-5-4-20(42-22)25(34)31-12-19(28(37)38)32-26(35)23-18(29)10-16-13-33(8-6-17(16)24(23)30)27(36)15-3-2-14-7-9-41-21(14)11-15/h2-5,7,9-11,19H,6,8,12-13H2,1H3,(H,31,34)(H,32,35)(H,37,38). The van der Waals surface area contributed by atoms with Gasteiger partial charge >= 0.3 is 5.97 Å². The van der Waals surface area contributed by atoms with Crippen LogP contribution in [0.4, 0.5) is 0 Å². The van der Waals surface area contributed by atoms with E-state index >= 15 is 0 Å². The lowest BCUT2D eigenvalue weighted by atomic mass is 9.96. The number of sulfone groups is 1. The first-order chi connectivity index (χ1) is 20.3. The quantitative estimate of drug-likeness (QED) is 0.258. The predicted octanol–water partition coefficient (Wildman–Crippen LogP) is 3.55. The van der Waals surface area contributed by atoms with Gasteiger partial charge in [-0.25, -0.2) is 13.2 Å². The highest BCUT2D eigenvalue weighted by molar-refractivity contribution is 7.90. The van der Waals surface area contributed by atoms with Crippen molar-refractivity contribution in [1.29, 1.82) is 0 Å². The Bertz CT molecular complexity index is 1900. The molecule has 2 aromatic carbocycles. The summed E-state index contributed by atoms with van der Waals surface area (Å²) in [6.45, 7) is -0.0682. The number of hydrogen-bond donors (Lipinski definition) is 3. The summed E-state index contributed by atoms with van der Waals surface area (Å²) in [5, 5.41) is 14.6. The molecule has 0 bridgehead atoms. The Morgan fingerprint density at radius 1 is 1.07 bits per heavy atom. The molecule has 3 amide bonds. The van der Waals surface area contributed by atoms with Crippen LogP contribution in [0.3, 0.4) is 0 Å². The normalized spacial score (nSPS) is 13.8. The lowest BCUT2D eigenvalue weighted by molar-refractivity contribution is -0.139. The van der Waals surface area contributed by atoms with Gasteiger partial charge in [0.1, 0.15) is 11.6 Å². The molecule has 1 unspecified atom stereocenters. The molecule has 12 nitrogen and oxygen atoms in total.